The molecule has 0 radical (unpaired) electrons. The first-order valence-corrected chi connectivity index (χ1v) is 7.15. The molecular formula is C14H18ClF3N2. The predicted octanol–water partition coefficient (Wildman–Crippen LogP) is 3.59. The molecule has 112 valence electrons. The van der Waals surface area contributed by atoms with Gasteiger partial charge in [0.1, 0.15) is 0 Å². The lowest BCUT2D eigenvalue weighted by atomic mass is 10.1. The minimum Gasteiger partial charge on any atom is -0.370 e. The minimum atomic E-state index is -4.36. The number of halogens is 4. The summed E-state index contributed by atoms with van der Waals surface area (Å²) in [6, 6.07) is 4.45. The fourth-order valence-electron chi connectivity index (χ4n) is 2.45. The average Bonchev–Trinajstić information content (AvgIpc) is 2.62. The highest BCUT2D eigenvalue weighted by molar-refractivity contribution is 6.17. The number of hydrogen-bond acceptors (Lipinski definition) is 2. The predicted molar refractivity (Wildman–Crippen MR) is 75.3 cm³/mol. The van der Waals surface area contributed by atoms with E-state index in [0.717, 1.165) is 32.6 Å². The number of likely N-dealkylation sites (N-methyl/N-ethyl adjacent to an activating group) is 1. The summed E-state index contributed by atoms with van der Waals surface area (Å²) < 4.78 is 39.1. The Morgan fingerprint density at radius 2 is 1.90 bits per heavy atom. The summed E-state index contributed by atoms with van der Waals surface area (Å²) in [5.74, 6) is -0.127. The van der Waals surface area contributed by atoms with Crippen molar-refractivity contribution in [1.29, 1.82) is 0 Å². The summed E-state index contributed by atoms with van der Waals surface area (Å²) in [7, 11) is 2.03. The van der Waals surface area contributed by atoms with Crippen LogP contribution in [-0.4, -0.2) is 38.1 Å². The van der Waals surface area contributed by atoms with Gasteiger partial charge in [-0.15, -0.1) is 11.6 Å². The van der Waals surface area contributed by atoms with Gasteiger partial charge in [0.2, 0.25) is 0 Å². The molecule has 0 aliphatic carbocycles. The van der Waals surface area contributed by atoms with E-state index in [4.69, 9.17) is 11.6 Å². The van der Waals surface area contributed by atoms with Crippen LogP contribution < -0.4 is 4.90 Å². The lowest BCUT2D eigenvalue weighted by molar-refractivity contribution is -0.138. The molecule has 0 saturated carbocycles. The van der Waals surface area contributed by atoms with Crippen LogP contribution in [0.4, 0.5) is 18.9 Å². The summed E-state index contributed by atoms with van der Waals surface area (Å²) in [5.41, 5.74) is 0.138. The van der Waals surface area contributed by atoms with Crippen molar-refractivity contribution in [3.8, 4) is 0 Å². The molecule has 1 aliphatic heterocycles. The van der Waals surface area contributed by atoms with Gasteiger partial charge in [-0.25, -0.2) is 0 Å². The Morgan fingerprint density at radius 1 is 1.15 bits per heavy atom. The van der Waals surface area contributed by atoms with Crippen LogP contribution in [0.1, 0.15) is 17.5 Å². The molecule has 0 aromatic heterocycles. The second-order valence-electron chi connectivity index (χ2n) is 5.12. The maximum atomic E-state index is 13.0. The number of nitrogens with zero attached hydrogens (tertiary/aromatic N) is 2. The highest BCUT2D eigenvalue weighted by atomic mass is 35.5. The largest absolute Gasteiger partial charge is 0.416 e. The van der Waals surface area contributed by atoms with Crippen LogP contribution in [0.2, 0.25) is 0 Å². The zero-order chi connectivity index (χ0) is 14.8. The Hall–Kier alpha value is -0.940. The first-order valence-electron chi connectivity index (χ1n) is 6.61. The maximum absolute atomic E-state index is 13.0. The number of rotatable bonds is 2. The van der Waals surface area contributed by atoms with Gasteiger partial charge in [-0.05, 0) is 37.7 Å². The van der Waals surface area contributed by atoms with Gasteiger partial charge < -0.3 is 9.80 Å². The third-order valence-electron chi connectivity index (χ3n) is 3.63. The van der Waals surface area contributed by atoms with Gasteiger partial charge in [0.05, 0.1) is 5.56 Å². The molecule has 1 heterocycles. The molecule has 20 heavy (non-hydrogen) atoms. The number of alkyl halides is 4. The van der Waals surface area contributed by atoms with Crippen molar-refractivity contribution in [2.45, 2.75) is 18.5 Å². The molecule has 0 atom stereocenters. The second kappa shape index (κ2) is 6.22. The van der Waals surface area contributed by atoms with E-state index in [-0.39, 0.29) is 11.4 Å². The standard InChI is InChI=1S/C14H18ClF3N2/c1-19-5-2-6-20(8-7-19)12-4-3-11(10-15)13(9-12)14(16,17)18/h3-4,9H,2,5-8,10H2,1H3. The van der Waals surface area contributed by atoms with Crippen molar-refractivity contribution in [3.05, 3.63) is 29.3 Å². The Bertz CT molecular complexity index is 462. The molecule has 1 saturated heterocycles. The first-order chi connectivity index (χ1) is 9.41. The van der Waals surface area contributed by atoms with Crippen molar-refractivity contribution in [2.75, 3.05) is 38.1 Å². The van der Waals surface area contributed by atoms with E-state index in [1.807, 2.05) is 11.9 Å². The highest BCUT2D eigenvalue weighted by Crippen LogP contribution is 2.35. The van der Waals surface area contributed by atoms with Gasteiger partial charge in [0.15, 0.2) is 0 Å². The van der Waals surface area contributed by atoms with Gasteiger partial charge >= 0.3 is 6.18 Å². The second-order valence-corrected chi connectivity index (χ2v) is 5.38. The van der Waals surface area contributed by atoms with Crippen LogP contribution in [0, 0.1) is 0 Å². The third-order valence-corrected chi connectivity index (χ3v) is 3.92. The van der Waals surface area contributed by atoms with E-state index in [1.54, 1.807) is 6.07 Å². The van der Waals surface area contributed by atoms with Crippen molar-refractivity contribution in [3.63, 3.8) is 0 Å². The van der Waals surface area contributed by atoms with Gasteiger partial charge in [-0.1, -0.05) is 6.07 Å². The maximum Gasteiger partial charge on any atom is 0.416 e. The molecular weight excluding hydrogens is 289 g/mol. The fourth-order valence-corrected chi connectivity index (χ4v) is 2.68. The molecule has 6 heteroatoms. The van der Waals surface area contributed by atoms with Crippen LogP contribution in [0.3, 0.4) is 0 Å². The molecule has 0 amide bonds. The van der Waals surface area contributed by atoms with Crippen molar-refractivity contribution < 1.29 is 13.2 Å². The van der Waals surface area contributed by atoms with E-state index in [1.165, 1.54) is 12.1 Å². The van der Waals surface area contributed by atoms with Gasteiger partial charge in [0.25, 0.3) is 0 Å². The van der Waals surface area contributed by atoms with Gasteiger partial charge in [0, 0.05) is 31.2 Å². The molecule has 0 unspecified atom stereocenters. The smallest absolute Gasteiger partial charge is 0.370 e. The van der Waals surface area contributed by atoms with Crippen LogP contribution >= 0.6 is 11.6 Å². The fraction of sp³-hybridized carbons (Fsp3) is 0.571. The van der Waals surface area contributed by atoms with Gasteiger partial charge in [-0.2, -0.15) is 13.2 Å². The number of hydrogen-bond donors (Lipinski definition) is 0. The van der Waals surface area contributed by atoms with Crippen LogP contribution in [0.15, 0.2) is 18.2 Å². The third kappa shape index (κ3) is 3.58. The van der Waals surface area contributed by atoms with Crippen molar-refractivity contribution in [2.24, 2.45) is 0 Å². The van der Waals surface area contributed by atoms with E-state index < -0.39 is 11.7 Å². The molecule has 2 rings (SSSR count). The zero-order valence-corrected chi connectivity index (χ0v) is 12.1. The summed E-state index contributed by atoms with van der Waals surface area (Å²) in [4.78, 5) is 4.20. The summed E-state index contributed by atoms with van der Waals surface area (Å²) in [5, 5.41) is 0. The summed E-state index contributed by atoms with van der Waals surface area (Å²) >= 11 is 5.60. The first kappa shape index (κ1) is 15.4. The molecule has 1 aromatic carbocycles. The average molecular weight is 307 g/mol. The molecule has 1 fully saturated rings. The monoisotopic (exact) mass is 306 g/mol. The lowest BCUT2D eigenvalue weighted by Crippen LogP contribution is -2.29. The topological polar surface area (TPSA) is 6.48 Å². The number of anilines is 1. The Kier molecular flexibility index (Phi) is 4.81. The van der Waals surface area contributed by atoms with Crippen LogP contribution in [0.5, 0.6) is 0 Å². The van der Waals surface area contributed by atoms with E-state index >= 15 is 0 Å². The van der Waals surface area contributed by atoms with E-state index in [2.05, 4.69) is 4.90 Å². The molecule has 0 N–H and O–H groups in total. The Morgan fingerprint density at radius 3 is 2.55 bits per heavy atom. The minimum absolute atomic E-state index is 0.127. The van der Waals surface area contributed by atoms with Crippen LogP contribution in [-0.2, 0) is 12.1 Å². The zero-order valence-electron chi connectivity index (χ0n) is 11.4. The SMILES string of the molecule is CN1CCCN(c2ccc(CCl)c(C(F)(F)F)c2)CC1. The van der Waals surface area contributed by atoms with E-state index in [0.29, 0.717) is 5.69 Å². The molecule has 0 spiro atoms. The summed E-state index contributed by atoms with van der Waals surface area (Å²) in [6.45, 7) is 3.36. The molecule has 0 bridgehead atoms. The quantitative estimate of drug-likeness (QED) is 0.771. The van der Waals surface area contributed by atoms with Crippen molar-refractivity contribution >= 4 is 17.3 Å². The Labute approximate surface area is 122 Å². The lowest BCUT2D eigenvalue weighted by Gasteiger charge is -2.24. The number of benzene rings is 1. The highest BCUT2D eigenvalue weighted by Gasteiger charge is 2.33. The Balaban J connectivity index is 2.28. The summed E-state index contributed by atoms with van der Waals surface area (Å²) in [6.07, 6.45) is -3.40. The van der Waals surface area contributed by atoms with Crippen molar-refractivity contribution in [1.82, 2.24) is 4.90 Å². The van der Waals surface area contributed by atoms with Gasteiger partial charge in [-0.3, -0.25) is 0 Å². The normalized spacial score (nSPS) is 18.1. The van der Waals surface area contributed by atoms with E-state index in [9.17, 15) is 13.2 Å². The molecule has 2 nitrogen and oxygen atoms in total. The molecule has 1 aromatic rings. The molecule has 1 aliphatic rings. The van der Waals surface area contributed by atoms with Crippen LogP contribution in [0.25, 0.3) is 0 Å².